The van der Waals surface area contributed by atoms with Crippen LogP contribution in [0.15, 0.2) is 34.5 Å². The van der Waals surface area contributed by atoms with Crippen molar-refractivity contribution in [2.24, 2.45) is 0 Å². The Bertz CT molecular complexity index is 726. The molecule has 0 radical (unpaired) electrons. The second-order valence-corrected chi connectivity index (χ2v) is 8.02. The van der Waals surface area contributed by atoms with Crippen molar-refractivity contribution in [1.29, 1.82) is 0 Å². The van der Waals surface area contributed by atoms with Crippen LogP contribution in [0.3, 0.4) is 0 Å². The molecule has 1 aromatic carbocycles. The van der Waals surface area contributed by atoms with Crippen LogP contribution < -0.4 is 0 Å². The lowest BCUT2D eigenvalue weighted by atomic mass is 10.1. The van der Waals surface area contributed by atoms with Crippen molar-refractivity contribution in [1.82, 2.24) is 9.88 Å². The Labute approximate surface area is 156 Å². The quantitative estimate of drug-likeness (QED) is 0.701. The van der Waals surface area contributed by atoms with Crippen molar-refractivity contribution in [3.8, 4) is 0 Å². The van der Waals surface area contributed by atoms with Gasteiger partial charge in [0.05, 0.1) is 17.1 Å². The molecule has 134 valence electrons. The van der Waals surface area contributed by atoms with Gasteiger partial charge in [-0.3, -0.25) is 9.59 Å². The lowest BCUT2D eigenvalue weighted by Gasteiger charge is -2.26. The van der Waals surface area contributed by atoms with Gasteiger partial charge in [0.1, 0.15) is 0 Å². The molecule has 2 aromatic rings. The van der Waals surface area contributed by atoms with Crippen LogP contribution in [0.25, 0.3) is 0 Å². The molecule has 0 atom stereocenters. The van der Waals surface area contributed by atoms with E-state index in [-0.39, 0.29) is 24.9 Å². The first kappa shape index (κ1) is 19.5. The third-order valence-electron chi connectivity index (χ3n) is 3.61. The molecule has 0 aliphatic rings. The number of carbonyl (C=O) groups is 2. The Hall–Kier alpha value is -1.86. The fourth-order valence-corrected chi connectivity index (χ4v) is 3.81. The molecule has 0 fully saturated rings. The topological polar surface area (TPSA) is 70.5 Å². The number of carboxylic acid groups (broad SMARTS) is 1. The maximum absolute atomic E-state index is 12.6. The van der Waals surface area contributed by atoms with E-state index in [1.807, 2.05) is 32.9 Å². The number of aromatic nitrogens is 1. The van der Waals surface area contributed by atoms with Gasteiger partial charge in [-0.05, 0) is 45.0 Å². The van der Waals surface area contributed by atoms with Crippen LogP contribution in [0.1, 0.15) is 41.3 Å². The summed E-state index contributed by atoms with van der Waals surface area (Å²) in [4.78, 5) is 30.5. The van der Waals surface area contributed by atoms with E-state index in [1.54, 1.807) is 40.1 Å². The number of carboxylic acids is 1. The molecule has 1 N–H and O–H groups in total. The van der Waals surface area contributed by atoms with E-state index in [0.717, 1.165) is 21.3 Å². The normalized spacial score (nSPS) is 10.9. The van der Waals surface area contributed by atoms with Gasteiger partial charge in [0, 0.05) is 34.2 Å². The van der Waals surface area contributed by atoms with Gasteiger partial charge in [-0.15, -0.1) is 23.1 Å². The van der Waals surface area contributed by atoms with Gasteiger partial charge in [-0.2, -0.15) is 0 Å². The molecule has 0 saturated heterocycles. The zero-order chi connectivity index (χ0) is 18.4. The summed E-state index contributed by atoms with van der Waals surface area (Å²) in [5.41, 5.74) is 1.64. The molecular formula is C18H22N2O3S2. The summed E-state index contributed by atoms with van der Waals surface area (Å²) in [6.45, 7) is 5.98. The van der Waals surface area contributed by atoms with Gasteiger partial charge in [-0.1, -0.05) is 0 Å². The number of benzene rings is 1. The fraction of sp³-hybridized carbons (Fsp3) is 0.389. The summed E-state index contributed by atoms with van der Waals surface area (Å²) in [5.74, 6) is -0.237. The molecule has 0 aliphatic heterocycles. The largest absolute Gasteiger partial charge is 0.481 e. The van der Waals surface area contributed by atoms with Crippen LogP contribution in [0.2, 0.25) is 0 Å². The highest BCUT2D eigenvalue weighted by Crippen LogP contribution is 2.24. The Morgan fingerprint density at radius 2 is 1.96 bits per heavy atom. The summed E-state index contributed by atoms with van der Waals surface area (Å²) in [7, 11) is 0. The van der Waals surface area contributed by atoms with E-state index < -0.39 is 5.97 Å². The Morgan fingerprint density at radius 1 is 1.28 bits per heavy atom. The maximum atomic E-state index is 12.6. The summed E-state index contributed by atoms with van der Waals surface area (Å²) >= 11 is 3.32. The van der Waals surface area contributed by atoms with Gasteiger partial charge in [0.25, 0.3) is 5.91 Å². The predicted octanol–water partition coefficient (Wildman–Crippen LogP) is 4.07. The highest BCUT2D eigenvalue weighted by atomic mass is 32.2. The Kier molecular flexibility index (Phi) is 7.01. The zero-order valence-electron chi connectivity index (χ0n) is 14.6. The van der Waals surface area contributed by atoms with E-state index in [9.17, 15) is 9.59 Å². The summed E-state index contributed by atoms with van der Waals surface area (Å²) < 4.78 is 0. The van der Waals surface area contributed by atoms with Gasteiger partial charge in [-0.25, -0.2) is 4.98 Å². The SMILES string of the molecule is Cc1nc(CSc2ccc(C(=O)N(CCC(=O)O)C(C)C)cc2)cs1. The van der Waals surface area contributed by atoms with E-state index in [2.05, 4.69) is 10.4 Å². The zero-order valence-corrected chi connectivity index (χ0v) is 16.2. The minimum atomic E-state index is -0.900. The van der Waals surface area contributed by atoms with Gasteiger partial charge < -0.3 is 10.0 Å². The monoisotopic (exact) mass is 378 g/mol. The third kappa shape index (κ3) is 5.86. The van der Waals surface area contributed by atoms with Crippen LogP contribution >= 0.6 is 23.1 Å². The fourth-order valence-electron chi connectivity index (χ4n) is 2.30. The predicted molar refractivity (Wildman–Crippen MR) is 101 cm³/mol. The first-order valence-corrected chi connectivity index (χ1v) is 9.90. The Balaban J connectivity index is 1.99. The highest BCUT2D eigenvalue weighted by Gasteiger charge is 2.19. The number of aliphatic carboxylic acids is 1. The summed E-state index contributed by atoms with van der Waals surface area (Å²) in [6.07, 6.45) is -0.0507. The molecule has 2 rings (SSSR count). The number of hydrogen-bond donors (Lipinski definition) is 1. The number of thiazole rings is 1. The number of rotatable bonds is 8. The van der Waals surface area contributed by atoms with Crippen LogP contribution in [0, 0.1) is 6.92 Å². The van der Waals surface area contributed by atoms with Crippen molar-refractivity contribution >= 4 is 35.0 Å². The third-order valence-corrected chi connectivity index (χ3v) is 5.47. The van der Waals surface area contributed by atoms with E-state index >= 15 is 0 Å². The molecule has 1 aromatic heterocycles. The molecule has 0 bridgehead atoms. The summed E-state index contributed by atoms with van der Waals surface area (Å²) in [5, 5.41) is 12.0. The van der Waals surface area contributed by atoms with Gasteiger partial charge >= 0.3 is 5.97 Å². The molecule has 0 spiro atoms. The van der Waals surface area contributed by atoms with Gasteiger partial charge in [0.15, 0.2) is 0 Å². The van der Waals surface area contributed by atoms with Crippen molar-refractivity contribution in [3.05, 3.63) is 45.9 Å². The number of thioether (sulfide) groups is 1. The van der Waals surface area contributed by atoms with Crippen molar-refractivity contribution < 1.29 is 14.7 Å². The van der Waals surface area contributed by atoms with Crippen LogP contribution in [-0.2, 0) is 10.5 Å². The molecule has 7 heteroatoms. The molecule has 5 nitrogen and oxygen atoms in total. The first-order valence-electron chi connectivity index (χ1n) is 8.03. The number of carbonyl (C=O) groups excluding carboxylic acids is 1. The number of hydrogen-bond acceptors (Lipinski definition) is 5. The van der Waals surface area contributed by atoms with Crippen molar-refractivity contribution in [3.63, 3.8) is 0 Å². The van der Waals surface area contributed by atoms with E-state index in [0.29, 0.717) is 5.56 Å². The highest BCUT2D eigenvalue weighted by molar-refractivity contribution is 7.98. The second kappa shape index (κ2) is 9.01. The van der Waals surface area contributed by atoms with E-state index in [1.165, 1.54) is 0 Å². The smallest absolute Gasteiger partial charge is 0.305 e. The maximum Gasteiger partial charge on any atom is 0.305 e. The van der Waals surface area contributed by atoms with Crippen molar-refractivity contribution in [2.75, 3.05) is 6.54 Å². The summed E-state index contributed by atoms with van der Waals surface area (Å²) in [6, 6.07) is 7.40. The average molecular weight is 379 g/mol. The minimum absolute atomic E-state index is 0.0474. The second-order valence-electron chi connectivity index (χ2n) is 5.91. The minimum Gasteiger partial charge on any atom is -0.481 e. The van der Waals surface area contributed by atoms with Crippen LogP contribution in [0.5, 0.6) is 0 Å². The molecule has 0 aliphatic carbocycles. The molecule has 1 heterocycles. The average Bonchev–Trinajstić information content (AvgIpc) is 2.98. The molecule has 25 heavy (non-hydrogen) atoms. The number of nitrogens with zero attached hydrogens (tertiary/aromatic N) is 2. The van der Waals surface area contributed by atoms with Crippen molar-refractivity contribution in [2.45, 2.75) is 43.9 Å². The Morgan fingerprint density at radius 3 is 2.48 bits per heavy atom. The lowest BCUT2D eigenvalue weighted by molar-refractivity contribution is -0.137. The van der Waals surface area contributed by atoms with Gasteiger partial charge in [0.2, 0.25) is 0 Å². The number of aryl methyl sites for hydroxylation is 1. The lowest BCUT2D eigenvalue weighted by Crippen LogP contribution is -2.38. The molecular weight excluding hydrogens is 356 g/mol. The standard InChI is InChI=1S/C18H22N2O3S2/c1-12(2)20(9-8-17(21)22)18(23)14-4-6-16(7-5-14)25-11-15-10-24-13(3)19-15/h4-7,10,12H,8-9,11H2,1-3H3,(H,21,22). The first-order chi connectivity index (χ1) is 11.9. The number of amides is 1. The molecule has 0 saturated carbocycles. The van der Waals surface area contributed by atoms with Crippen LogP contribution in [-0.4, -0.2) is 39.5 Å². The molecule has 1 amide bonds. The van der Waals surface area contributed by atoms with E-state index in [4.69, 9.17) is 5.11 Å². The van der Waals surface area contributed by atoms with Crippen LogP contribution in [0.4, 0.5) is 0 Å². The molecule has 0 unspecified atom stereocenters.